The number of urea groups is 1. The van der Waals surface area contributed by atoms with Gasteiger partial charge in [-0.15, -0.1) is 0 Å². The fourth-order valence-corrected chi connectivity index (χ4v) is 2.85. The van der Waals surface area contributed by atoms with Crippen molar-refractivity contribution < 1.29 is 14.3 Å². The molecule has 2 aromatic carbocycles. The fourth-order valence-electron chi connectivity index (χ4n) is 2.85. The Morgan fingerprint density at radius 2 is 1.71 bits per heavy atom. The first-order valence-corrected chi connectivity index (χ1v) is 8.13. The summed E-state index contributed by atoms with van der Waals surface area (Å²) in [6.07, 6.45) is 2.42. The summed E-state index contributed by atoms with van der Waals surface area (Å²) in [4.78, 5) is 12.2. The smallest absolute Gasteiger partial charge is 0.315 e. The Hall–Kier alpha value is -2.40. The summed E-state index contributed by atoms with van der Waals surface area (Å²) >= 11 is 0. The quantitative estimate of drug-likeness (QED) is 0.790. The highest BCUT2D eigenvalue weighted by Crippen LogP contribution is 2.30. The topological polar surface area (TPSA) is 61.4 Å². The van der Waals surface area contributed by atoms with E-state index in [9.17, 15) is 14.3 Å². The highest BCUT2D eigenvalue weighted by atomic mass is 19.1. The Morgan fingerprint density at radius 3 is 2.29 bits per heavy atom. The Labute approximate surface area is 140 Å². The molecule has 0 radical (unpaired) electrons. The van der Waals surface area contributed by atoms with E-state index in [1.54, 1.807) is 12.1 Å². The predicted molar refractivity (Wildman–Crippen MR) is 90.0 cm³/mol. The predicted octanol–water partition coefficient (Wildman–Crippen LogP) is 3.13. The van der Waals surface area contributed by atoms with E-state index in [1.807, 2.05) is 30.3 Å². The number of nitrogens with one attached hydrogen (secondary N) is 2. The zero-order chi connectivity index (χ0) is 17.0. The molecule has 4 nitrogen and oxygen atoms in total. The van der Waals surface area contributed by atoms with Crippen LogP contribution in [0.1, 0.15) is 36.4 Å². The molecule has 5 heteroatoms. The summed E-state index contributed by atoms with van der Waals surface area (Å²) < 4.78 is 13.2. The summed E-state index contributed by atoms with van der Waals surface area (Å²) in [6, 6.07) is 14.8. The molecule has 1 atom stereocenters. The zero-order valence-electron chi connectivity index (χ0n) is 13.3. The van der Waals surface area contributed by atoms with E-state index in [1.165, 1.54) is 12.1 Å². The SMILES string of the molecule is O=C(NCC1(O)CCC1)NC(c1ccccc1)c1ccc(F)cc1. The minimum atomic E-state index is -0.768. The lowest BCUT2D eigenvalue weighted by atomic mass is 9.80. The Bertz CT molecular complexity index is 684. The molecule has 0 bridgehead atoms. The van der Waals surface area contributed by atoms with Gasteiger partial charge >= 0.3 is 6.03 Å². The Balaban J connectivity index is 1.72. The number of halogens is 1. The lowest BCUT2D eigenvalue weighted by Crippen LogP contribution is -2.50. The van der Waals surface area contributed by atoms with E-state index in [2.05, 4.69) is 10.6 Å². The molecule has 0 aromatic heterocycles. The number of benzene rings is 2. The van der Waals surface area contributed by atoms with Crippen LogP contribution >= 0.6 is 0 Å². The maximum Gasteiger partial charge on any atom is 0.315 e. The van der Waals surface area contributed by atoms with Crippen LogP contribution in [0, 0.1) is 5.82 Å². The molecular weight excluding hydrogens is 307 g/mol. The molecule has 3 N–H and O–H groups in total. The Morgan fingerprint density at radius 1 is 1.08 bits per heavy atom. The van der Waals surface area contributed by atoms with E-state index >= 15 is 0 Å². The van der Waals surface area contributed by atoms with E-state index in [0.717, 1.165) is 17.5 Å². The van der Waals surface area contributed by atoms with Crippen LogP contribution < -0.4 is 10.6 Å². The number of amides is 2. The second kappa shape index (κ2) is 7.01. The first-order chi connectivity index (χ1) is 11.6. The van der Waals surface area contributed by atoms with Gasteiger partial charge in [-0.2, -0.15) is 0 Å². The van der Waals surface area contributed by atoms with Gasteiger partial charge in [-0.3, -0.25) is 0 Å². The average Bonchev–Trinajstić information content (AvgIpc) is 2.58. The van der Waals surface area contributed by atoms with Crippen molar-refractivity contribution in [2.75, 3.05) is 6.54 Å². The van der Waals surface area contributed by atoms with Gasteiger partial charge in [0, 0.05) is 6.54 Å². The number of rotatable bonds is 5. The van der Waals surface area contributed by atoms with Crippen LogP contribution in [0.25, 0.3) is 0 Å². The van der Waals surface area contributed by atoms with Crippen molar-refractivity contribution >= 4 is 6.03 Å². The number of carbonyl (C=O) groups excluding carboxylic acids is 1. The van der Waals surface area contributed by atoms with Crippen LogP contribution in [0.2, 0.25) is 0 Å². The lowest BCUT2D eigenvalue weighted by molar-refractivity contribution is -0.0290. The third-order valence-corrected chi connectivity index (χ3v) is 4.47. The van der Waals surface area contributed by atoms with E-state index in [4.69, 9.17) is 0 Å². The van der Waals surface area contributed by atoms with Crippen molar-refractivity contribution in [3.05, 3.63) is 71.5 Å². The minimum absolute atomic E-state index is 0.240. The molecule has 0 spiro atoms. The van der Waals surface area contributed by atoms with Crippen molar-refractivity contribution in [2.45, 2.75) is 30.9 Å². The number of hydrogen-bond acceptors (Lipinski definition) is 2. The standard InChI is InChI=1S/C19H21FN2O2/c20-16-9-7-15(8-10-16)17(14-5-2-1-3-6-14)22-18(23)21-13-19(24)11-4-12-19/h1-3,5-10,17,24H,4,11-13H2,(H2,21,22,23). The molecule has 1 aliphatic carbocycles. The molecule has 1 aliphatic rings. The molecule has 126 valence electrons. The second-order valence-corrected chi connectivity index (χ2v) is 6.30. The maximum absolute atomic E-state index is 13.2. The summed E-state index contributed by atoms with van der Waals surface area (Å²) in [7, 11) is 0. The van der Waals surface area contributed by atoms with Crippen molar-refractivity contribution in [1.29, 1.82) is 0 Å². The molecular formula is C19H21FN2O2. The highest BCUT2D eigenvalue weighted by molar-refractivity contribution is 5.75. The van der Waals surface area contributed by atoms with E-state index in [-0.39, 0.29) is 24.4 Å². The van der Waals surface area contributed by atoms with Gasteiger partial charge in [0.15, 0.2) is 0 Å². The molecule has 0 saturated heterocycles. The second-order valence-electron chi connectivity index (χ2n) is 6.30. The largest absolute Gasteiger partial charge is 0.388 e. The molecule has 3 rings (SSSR count). The molecule has 1 unspecified atom stereocenters. The number of carbonyl (C=O) groups is 1. The van der Waals surface area contributed by atoms with Crippen LogP contribution in [0.5, 0.6) is 0 Å². The van der Waals surface area contributed by atoms with Gasteiger partial charge in [0.25, 0.3) is 0 Å². The van der Waals surface area contributed by atoms with Crippen molar-refractivity contribution in [3.8, 4) is 0 Å². The van der Waals surface area contributed by atoms with Crippen molar-refractivity contribution in [2.24, 2.45) is 0 Å². The summed E-state index contributed by atoms with van der Waals surface area (Å²) in [5.41, 5.74) is 0.928. The van der Waals surface area contributed by atoms with Gasteiger partial charge in [0.1, 0.15) is 5.82 Å². The third-order valence-electron chi connectivity index (χ3n) is 4.47. The van der Waals surface area contributed by atoms with Gasteiger partial charge < -0.3 is 15.7 Å². The van der Waals surface area contributed by atoms with Gasteiger partial charge in [0.05, 0.1) is 11.6 Å². The van der Waals surface area contributed by atoms with E-state index < -0.39 is 5.60 Å². The third kappa shape index (κ3) is 3.92. The molecule has 0 heterocycles. The van der Waals surface area contributed by atoms with Crippen LogP contribution in [-0.4, -0.2) is 23.3 Å². The van der Waals surface area contributed by atoms with E-state index in [0.29, 0.717) is 12.8 Å². The summed E-state index contributed by atoms with van der Waals surface area (Å²) in [5, 5.41) is 15.7. The van der Waals surface area contributed by atoms with Gasteiger partial charge in [-0.05, 0) is 42.5 Å². The molecule has 2 amide bonds. The lowest BCUT2D eigenvalue weighted by Gasteiger charge is -2.36. The normalized spacial score (nSPS) is 16.8. The van der Waals surface area contributed by atoms with Crippen LogP contribution in [0.3, 0.4) is 0 Å². The van der Waals surface area contributed by atoms with Crippen molar-refractivity contribution in [1.82, 2.24) is 10.6 Å². The summed E-state index contributed by atoms with van der Waals surface area (Å²) in [6.45, 7) is 0.240. The molecule has 1 fully saturated rings. The molecule has 0 aliphatic heterocycles. The fraction of sp³-hybridized carbons (Fsp3) is 0.316. The average molecular weight is 328 g/mol. The number of aliphatic hydroxyl groups is 1. The number of hydrogen-bond donors (Lipinski definition) is 3. The first-order valence-electron chi connectivity index (χ1n) is 8.13. The molecule has 2 aromatic rings. The Kier molecular flexibility index (Phi) is 4.81. The van der Waals surface area contributed by atoms with Gasteiger partial charge in [-0.1, -0.05) is 42.5 Å². The van der Waals surface area contributed by atoms with Crippen molar-refractivity contribution in [3.63, 3.8) is 0 Å². The van der Waals surface area contributed by atoms with Crippen LogP contribution in [-0.2, 0) is 0 Å². The maximum atomic E-state index is 13.2. The summed E-state index contributed by atoms with van der Waals surface area (Å²) in [5.74, 6) is -0.317. The molecule has 1 saturated carbocycles. The minimum Gasteiger partial charge on any atom is -0.388 e. The first kappa shape index (κ1) is 16.5. The monoisotopic (exact) mass is 328 g/mol. The van der Waals surface area contributed by atoms with Crippen LogP contribution in [0.15, 0.2) is 54.6 Å². The zero-order valence-corrected chi connectivity index (χ0v) is 13.3. The highest BCUT2D eigenvalue weighted by Gasteiger charge is 2.34. The van der Waals surface area contributed by atoms with Gasteiger partial charge in [-0.25, -0.2) is 9.18 Å². The molecule has 24 heavy (non-hydrogen) atoms. The van der Waals surface area contributed by atoms with Crippen LogP contribution in [0.4, 0.5) is 9.18 Å². The van der Waals surface area contributed by atoms with Gasteiger partial charge in [0.2, 0.25) is 0 Å².